The summed E-state index contributed by atoms with van der Waals surface area (Å²) >= 11 is 1.10. The van der Waals surface area contributed by atoms with Crippen molar-refractivity contribution < 1.29 is 17.6 Å². The number of sulfonamides is 1. The highest BCUT2D eigenvalue weighted by molar-refractivity contribution is 7.93. The molecule has 140 valence electrons. The van der Waals surface area contributed by atoms with Gasteiger partial charge >= 0.3 is 0 Å². The molecule has 0 saturated heterocycles. The van der Waals surface area contributed by atoms with E-state index >= 15 is 0 Å². The van der Waals surface area contributed by atoms with E-state index < -0.39 is 28.3 Å². The van der Waals surface area contributed by atoms with Gasteiger partial charge in [0.15, 0.2) is 5.13 Å². The standard InChI is InChI=1S/C18H16FN3O3S2/c1-13-7-8-14(19)11-16(13)21-17(23)12-22(18-20-9-10-26-18)27(24,25)15-5-3-2-4-6-15/h2-11H,12H2,1H3,(H,21,23). The molecular weight excluding hydrogens is 389 g/mol. The van der Waals surface area contributed by atoms with Gasteiger partial charge in [0.1, 0.15) is 12.4 Å². The van der Waals surface area contributed by atoms with E-state index in [0.717, 1.165) is 15.6 Å². The van der Waals surface area contributed by atoms with Crippen LogP contribution in [0.3, 0.4) is 0 Å². The number of thiazole rings is 1. The maximum atomic E-state index is 13.4. The van der Waals surface area contributed by atoms with Crippen LogP contribution in [0.1, 0.15) is 5.56 Å². The van der Waals surface area contributed by atoms with Crippen LogP contribution < -0.4 is 9.62 Å². The first-order chi connectivity index (χ1) is 12.9. The Bertz CT molecular complexity index is 1040. The summed E-state index contributed by atoms with van der Waals surface area (Å²) in [5, 5.41) is 4.35. The predicted molar refractivity (Wildman–Crippen MR) is 103 cm³/mol. The third-order valence-electron chi connectivity index (χ3n) is 3.72. The van der Waals surface area contributed by atoms with Gasteiger partial charge in [-0.05, 0) is 36.8 Å². The van der Waals surface area contributed by atoms with Crippen molar-refractivity contribution in [3.8, 4) is 0 Å². The summed E-state index contributed by atoms with van der Waals surface area (Å²) in [5.74, 6) is -1.09. The molecule has 0 saturated carbocycles. The number of aryl methyl sites for hydroxylation is 1. The molecule has 3 rings (SSSR count). The first-order valence-electron chi connectivity index (χ1n) is 7.91. The van der Waals surface area contributed by atoms with Crippen LogP contribution in [0.4, 0.5) is 15.2 Å². The second kappa shape index (κ2) is 7.85. The second-order valence-electron chi connectivity index (χ2n) is 5.65. The molecular formula is C18H16FN3O3S2. The molecule has 2 aromatic carbocycles. The Hall–Kier alpha value is -2.78. The van der Waals surface area contributed by atoms with Crippen LogP contribution in [0, 0.1) is 12.7 Å². The lowest BCUT2D eigenvalue weighted by molar-refractivity contribution is -0.114. The second-order valence-corrected chi connectivity index (χ2v) is 8.38. The molecule has 1 heterocycles. The Labute approximate surface area is 160 Å². The van der Waals surface area contributed by atoms with Crippen molar-refractivity contribution in [3.63, 3.8) is 0 Å². The van der Waals surface area contributed by atoms with Gasteiger partial charge < -0.3 is 5.32 Å². The summed E-state index contributed by atoms with van der Waals surface area (Å²) in [6.07, 6.45) is 1.46. The molecule has 0 spiro atoms. The molecule has 0 aliphatic heterocycles. The number of hydrogen-bond acceptors (Lipinski definition) is 5. The third kappa shape index (κ3) is 4.32. The zero-order chi connectivity index (χ0) is 19.4. The first-order valence-corrected chi connectivity index (χ1v) is 10.2. The lowest BCUT2D eigenvalue weighted by Gasteiger charge is -2.21. The van der Waals surface area contributed by atoms with E-state index in [1.807, 2.05) is 0 Å². The van der Waals surface area contributed by atoms with Crippen molar-refractivity contribution in [1.82, 2.24) is 4.98 Å². The van der Waals surface area contributed by atoms with E-state index in [4.69, 9.17) is 0 Å². The Kier molecular flexibility index (Phi) is 5.52. The lowest BCUT2D eigenvalue weighted by Crippen LogP contribution is -2.38. The number of rotatable bonds is 6. The van der Waals surface area contributed by atoms with Gasteiger partial charge in [0.25, 0.3) is 10.0 Å². The van der Waals surface area contributed by atoms with Gasteiger partial charge in [-0.25, -0.2) is 22.1 Å². The van der Waals surface area contributed by atoms with E-state index in [-0.39, 0.29) is 15.7 Å². The van der Waals surface area contributed by atoms with Gasteiger partial charge in [0, 0.05) is 17.3 Å². The van der Waals surface area contributed by atoms with Gasteiger partial charge in [-0.15, -0.1) is 11.3 Å². The molecule has 0 radical (unpaired) electrons. The maximum Gasteiger partial charge on any atom is 0.266 e. The number of aromatic nitrogens is 1. The van der Waals surface area contributed by atoms with Gasteiger partial charge in [-0.3, -0.25) is 4.79 Å². The Morgan fingerprint density at radius 1 is 1.22 bits per heavy atom. The van der Waals surface area contributed by atoms with Gasteiger partial charge in [-0.2, -0.15) is 0 Å². The fraction of sp³-hybridized carbons (Fsp3) is 0.111. The summed E-state index contributed by atoms with van der Waals surface area (Å²) in [4.78, 5) is 16.6. The number of nitrogens with one attached hydrogen (secondary N) is 1. The van der Waals surface area contributed by atoms with Gasteiger partial charge in [-0.1, -0.05) is 24.3 Å². The van der Waals surface area contributed by atoms with Crippen molar-refractivity contribution >= 4 is 38.1 Å². The Morgan fingerprint density at radius 2 is 1.96 bits per heavy atom. The highest BCUT2D eigenvalue weighted by atomic mass is 32.2. The number of nitrogens with zero attached hydrogens (tertiary/aromatic N) is 2. The molecule has 9 heteroatoms. The van der Waals surface area contributed by atoms with Crippen molar-refractivity contribution in [1.29, 1.82) is 0 Å². The van der Waals surface area contributed by atoms with E-state index in [1.165, 1.54) is 36.5 Å². The zero-order valence-corrected chi connectivity index (χ0v) is 15.9. The van der Waals surface area contributed by atoms with E-state index in [1.54, 1.807) is 30.5 Å². The number of hydrogen-bond donors (Lipinski definition) is 1. The highest BCUT2D eigenvalue weighted by Gasteiger charge is 2.28. The molecule has 27 heavy (non-hydrogen) atoms. The van der Waals surface area contributed by atoms with Crippen LogP contribution in [0.5, 0.6) is 0 Å². The summed E-state index contributed by atoms with van der Waals surface area (Å²) < 4.78 is 40.4. The van der Waals surface area contributed by atoms with Crippen LogP contribution in [0.15, 0.2) is 65.0 Å². The smallest absolute Gasteiger partial charge is 0.266 e. The minimum atomic E-state index is -3.98. The van der Waals surface area contributed by atoms with Crippen LogP contribution >= 0.6 is 11.3 Å². The first kappa shape index (κ1) is 19.0. The molecule has 1 aromatic heterocycles. The zero-order valence-electron chi connectivity index (χ0n) is 14.3. The number of carbonyl (C=O) groups is 1. The fourth-order valence-electron chi connectivity index (χ4n) is 2.36. The quantitative estimate of drug-likeness (QED) is 0.681. The van der Waals surface area contributed by atoms with E-state index in [9.17, 15) is 17.6 Å². The third-order valence-corrected chi connectivity index (χ3v) is 6.38. The maximum absolute atomic E-state index is 13.4. The van der Waals surface area contributed by atoms with Gasteiger partial charge in [0.2, 0.25) is 5.91 Å². The average Bonchev–Trinajstić information content (AvgIpc) is 3.17. The molecule has 1 amide bonds. The summed E-state index contributed by atoms with van der Waals surface area (Å²) in [6, 6.07) is 11.8. The number of benzene rings is 2. The molecule has 0 aliphatic rings. The normalized spacial score (nSPS) is 11.2. The number of anilines is 2. The van der Waals surface area contributed by atoms with Crippen LogP contribution in [0.2, 0.25) is 0 Å². The van der Waals surface area contributed by atoms with E-state index in [2.05, 4.69) is 10.3 Å². The number of halogens is 1. The Balaban J connectivity index is 1.89. The molecule has 6 nitrogen and oxygen atoms in total. The van der Waals surface area contributed by atoms with Crippen LogP contribution in [-0.4, -0.2) is 25.9 Å². The van der Waals surface area contributed by atoms with E-state index in [0.29, 0.717) is 5.56 Å². The minimum absolute atomic E-state index is 0.0509. The van der Waals surface area contributed by atoms with Gasteiger partial charge in [0.05, 0.1) is 4.90 Å². The number of amides is 1. The molecule has 3 aromatic rings. The lowest BCUT2D eigenvalue weighted by atomic mass is 10.2. The number of carbonyl (C=O) groups excluding carboxylic acids is 1. The average molecular weight is 405 g/mol. The van der Waals surface area contributed by atoms with Crippen molar-refractivity contribution in [3.05, 3.63) is 71.5 Å². The van der Waals surface area contributed by atoms with Crippen molar-refractivity contribution in [2.24, 2.45) is 0 Å². The highest BCUT2D eigenvalue weighted by Crippen LogP contribution is 2.25. The largest absolute Gasteiger partial charge is 0.324 e. The van der Waals surface area contributed by atoms with Crippen LogP contribution in [-0.2, 0) is 14.8 Å². The molecule has 0 atom stereocenters. The minimum Gasteiger partial charge on any atom is -0.324 e. The Morgan fingerprint density at radius 3 is 2.63 bits per heavy atom. The SMILES string of the molecule is Cc1ccc(F)cc1NC(=O)CN(c1nccs1)S(=O)(=O)c1ccccc1. The summed E-state index contributed by atoms with van der Waals surface area (Å²) in [7, 11) is -3.98. The van der Waals surface area contributed by atoms with Crippen LogP contribution in [0.25, 0.3) is 0 Å². The topological polar surface area (TPSA) is 79.4 Å². The summed E-state index contributed by atoms with van der Waals surface area (Å²) in [5.41, 5.74) is 0.952. The predicted octanol–water partition coefficient (Wildman–Crippen LogP) is 3.42. The molecule has 1 N–H and O–H groups in total. The monoisotopic (exact) mass is 405 g/mol. The molecule has 0 aliphatic carbocycles. The fourth-order valence-corrected chi connectivity index (χ4v) is 4.63. The van der Waals surface area contributed by atoms with Crippen molar-refractivity contribution in [2.75, 3.05) is 16.2 Å². The summed E-state index contributed by atoms with van der Waals surface area (Å²) in [6.45, 7) is 1.23. The molecule has 0 fully saturated rings. The van der Waals surface area contributed by atoms with Crippen molar-refractivity contribution in [2.45, 2.75) is 11.8 Å². The molecule has 0 bridgehead atoms. The molecule has 0 unspecified atom stereocenters.